The molecular formula is C13H21NO5. The summed E-state index contributed by atoms with van der Waals surface area (Å²) in [5, 5.41) is 9.44. The predicted octanol–water partition coefficient (Wildman–Crippen LogP) is 0.920. The van der Waals surface area contributed by atoms with Crippen LogP contribution in [0.3, 0.4) is 0 Å². The Bertz CT molecular complexity index is 402. The lowest BCUT2D eigenvalue weighted by molar-refractivity contribution is -0.146. The third-order valence-electron chi connectivity index (χ3n) is 3.81. The molecule has 1 N–H and O–H groups in total. The summed E-state index contributed by atoms with van der Waals surface area (Å²) in [5.41, 5.74) is -0.952. The molecule has 0 spiro atoms. The molecule has 1 aliphatic carbocycles. The van der Waals surface area contributed by atoms with E-state index in [0.29, 0.717) is 6.42 Å². The summed E-state index contributed by atoms with van der Waals surface area (Å²) in [6.07, 6.45) is 0.650. The lowest BCUT2D eigenvalue weighted by Crippen LogP contribution is -2.46. The normalized spacial score (nSPS) is 32.8. The van der Waals surface area contributed by atoms with Gasteiger partial charge in [0.1, 0.15) is 11.6 Å². The van der Waals surface area contributed by atoms with Crippen LogP contribution in [0.25, 0.3) is 0 Å². The second kappa shape index (κ2) is 4.37. The summed E-state index contributed by atoms with van der Waals surface area (Å²) in [4.78, 5) is 25.4. The van der Waals surface area contributed by atoms with Gasteiger partial charge >= 0.3 is 12.1 Å². The molecule has 6 heteroatoms. The molecule has 108 valence electrons. The molecule has 2 unspecified atom stereocenters. The number of carbonyl (C=O) groups is 2. The lowest BCUT2D eigenvalue weighted by Gasteiger charge is -2.29. The van der Waals surface area contributed by atoms with E-state index in [1.807, 2.05) is 0 Å². The van der Waals surface area contributed by atoms with Gasteiger partial charge in [-0.3, -0.25) is 4.90 Å². The molecule has 1 amide bonds. The number of methoxy groups -OCH3 is 1. The van der Waals surface area contributed by atoms with Gasteiger partial charge in [-0.25, -0.2) is 9.59 Å². The minimum Gasteiger partial charge on any atom is -0.467 e. The number of aliphatic hydroxyl groups excluding tert-OH is 1. The maximum absolute atomic E-state index is 12.2. The van der Waals surface area contributed by atoms with Crippen molar-refractivity contribution in [3.8, 4) is 0 Å². The zero-order valence-corrected chi connectivity index (χ0v) is 11.8. The van der Waals surface area contributed by atoms with E-state index >= 15 is 0 Å². The van der Waals surface area contributed by atoms with E-state index in [2.05, 4.69) is 0 Å². The van der Waals surface area contributed by atoms with Crippen LogP contribution in [0.5, 0.6) is 0 Å². The fraction of sp³-hybridized carbons (Fsp3) is 0.846. The standard InChI is InChI=1S/C13H21NO5/c1-12(2,3)19-11(17)14-8(10(16)18-4)5-13(7-15)6-9(13)14/h8-9,15H,5-7H2,1-4H3/t8?,9?,13-/m1/s1. The van der Waals surface area contributed by atoms with Crippen molar-refractivity contribution in [3.05, 3.63) is 0 Å². The van der Waals surface area contributed by atoms with Crippen molar-refractivity contribution in [2.45, 2.75) is 51.3 Å². The van der Waals surface area contributed by atoms with E-state index < -0.39 is 23.7 Å². The van der Waals surface area contributed by atoms with E-state index in [1.54, 1.807) is 20.8 Å². The minimum absolute atomic E-state index is 0.0234. The monoisotopic (exact) mass is 271 g/mol. The summed E-state index contributed by atoms with van der Waals surface area (Å²) in [7, 11) is 1.30. The highest BCUT2D eigenvalue weighted by atomic mass is 16.6. The highest BCUT2D eigenvalue weighted by Gasteiger charge is 2.68. The molecule has 2 rings (SSSR count). The van der Waals surface area contributed by atoms with Crippen molar-refractivity contribution in [1.29, 1.82) is 0 Å². The maximum atomic E-state index is 12.2. The van der Waals surface area contributed by atoms with Gasteiger partial charge in [0.15, 0.2) is 0 Å². The second-order valence-electron chi connectivity index (χ2n) is 6.37. The van der Waals surface area contributed by atoms with Crippen LogP contribution in [0, 0.1) is 5.41 Å². The topological polar surface area (TPSA) is 76.1 Å². The van der Waals surface area contributed by atoms with E-state index in [0.717, 1.165) is 6.42 Å². The molecule has 1 heterocycles. The van der Waals surface area contributed by atoms with Crippen molar-refractivity contribution in [2.24, 2.45) is 5.41 Å². The van der Waals surface area contributed by atoms with Gasteiger partial charge in [-0.15, -0.1) is 0 Å². The van der Waals surface area contributed by atoms with Gasteiger partial charge in [-0.05, 0) is 33.6 Å². The largest absolute Gasteiger partial charge is 0.467 e. The summed E-state index contributed by atoms with van der Waals surface area (Å²) in [6.45, 7) is 5.31. The van der Waals surface area contributed by atoms with Crippen LogP contribution in [0.1, 0.15) is 33.6 Å². The molecule has 1 saturated heterocycles. The van der Waals surface area contributed by atoms with Crippen molar-refractivity contribution >= 4 is 12.1 Å². The van der Waals surface area contributed by atoms with Gasteiger partial charge in [-0.2, -0.15) is 0 Å². The van der Waals surface area contributed by atoms with Crippen molar-refractivity contribution in [1.82, 2.24) is 4.90 Å². The molecule has 2 fully saturated rings. The number of rotatable bonds is 2. The number of hydrogen-bond acceptors (Lipinski definition) is 5. The lowest BCUT2D eigenvalue weighted by atomic mass is 10.0. The first-order valence-corrected chi connectivity index (χ1v) is 6.44. The number of carbonyl (C=O) groups excluding carboxylic acids is 2. The Morgan fingerprint density at radius 2 is 2.00 bits per heavy atom. The molecule has 0 aromatic heterocycles. The Hall–Kier alpha value is -1.30. The van der Waals surface area contributed by atoms with E-state index in [1.165, 1.54) is 12.0 Å². The van der Waals surface area contributed by atoms with E-state index in [4.69, 9.17) is 9.47 Å². The third kappa shape index (κ3) is 2.41. The van der Waals surface area contributed by atoms with Gasteiger partial charge < -0.3 is 14.6 Å². The van der Waals surface area contributed by atoms with Gasteiger partial charge in [-0.1, -0.05) is 0 Å². The Balaban J connectivity index is 2.16. The molecule has 1 aliphatic heterocycles. The first-order chi connectivity index (χ1) is 8.74. The van der Waals surface area contributed by atoms with Crippen LogP contribution >= 0.6 is 0 Å². The number of ether oxygens (including phenoxy) is 2. The third-order valence-corrected chi connectivity index (χ3v) is 3.81. The maximum Gasteiger partial charge on any atom is 0.411 e. The first kappa shape index (κ1) is 14.1. The summed E-state index contributed by atoms with van der Waals surface area (Å²) in [5.74, 6) is -0.453. The number of fused-ring (bicyclic) bond motifs is 1. The van der Waals surface area contributed by atoms with Crippen LogP contribution in [0.2, 0.25) is 0 Å². The van der Waals surface area contributed by atoms with Gasteiger partial charge in [0, 0.05) is 11.5 Å². The highest BCUT2D eigenvalue weighted by Crippen LogP contribution is 2.59. The van der Waals surface area contributed by atoms with E-state index in [9.17, 15) is 14.7 Å². The van der Waals surface area contributed by atoms with Gasteiger partial charge in [0.25, 0.3) is 0 Å². The summed E-state index contributed by atoms with van der Waals surface area (Å²) in [6, 6.07) is -0.762. The van der Waals surface area contributed by atoms with Crippen LogP contribution in [-0.2, 0) is 14.3 Å². The Morgan fingerprint density at radius 3 is 2.47 bits per heavy atom. The van der Waals surface area contributed by atoms with Crippen LogP contribution in [0.4, 0.5) is 4.79 Å². The number of aliphatic hydroxyl groups is 1. The van der Waals surface area contributed by atoms with Crippen molar-refractivity contribution in [3.63, 3.8) is 0 Å². The number of hydrogen-bond donors (Lipinski definition) is 1. The number of likely N-dealkylation sites (tertiary alicyclic amines) is 1. The molecule has 2 aliphatic rings. The number of piperidine rings is 1. The fourth-order valence-corrected chi connectivity index (χ4v) is 2.78. The van der Waals surface area contributed by atoms with Crippen LogP contribution < -0.4 is 0 Å². The molecule has 0 bridgehead atoms. The van der Waals surface area contributed by atoms with Crippen LogP contribution in [0.15, 0.2) is 0 Å². The second-order valence-corrected chi connectivity index (χ2v) is 6.37. The Kier molecular flexibility index (Phi) is 3.24. The molecule has 3 atom stereocenters. The smallest absolute Gasteiger partial charge is 0.411 e. The molecule has 0 aromatic rings. The molecule has 6 nitrogen and oxygen atoms in total. The molecular weight excluding hydrogens is 250 g/mol. The Labute approximate surface area is 112 Å². The SMILES string of the molecule is COC(=O)C1C[C@]2(CO)CC2N1C(=O)OC(C)(C)C. The van der Waals surface area contributed by atoms with Crippen molar-refractivity contribution in [2.75, 3.05) is 13.7 Å². The summed E-state index contributed by atoms with van der Waals surface area (Å²) < 4.78 is 10.1. The van der Waals surface area contributed by atoms with Crippen LogP contribution in [-0.4, -0.2) is 53.5 Å². The van der Waals surface area contributed by atoms with Gasteiger partial charge in [0.2, 0.25) is 0 Å². The zero-order chi connectivity index (χ0) is 14.4. The zero-order valence-electron chi connectivity index (χ0n) is 11.8. The number of amides is 1. The number of nitrogens with zero attached hydrogens (tertiary/aromatic N) is 1. The highest BCUT2D eigenvalue weighted by molar-refractivity contribution is 5.83. The quantitative estimate of drug-likeness (QED) is 0.756. The average molecular weight is 271 g/mol. The molecule has 0 radical (unpaired) electrons. The molecule has 0 aromatic carbocycles. The van der Waals surface area contributed by atoms with E-state index in [-0.39, 0.29) is 18.1 Å². The number of esters is 1. The average Bonchev–Trinajstić information content (AvgIpc) is 2.92. The first-order valence-electron chi connectivity index (χ1n) is 6.44. The fourth-order valence-electron chi connectivity index (χ4n) is 2.78. The Morgan fingerprint density at radius 1 is 1.37 bits per heavy atom. The predicted molar refractivity (Wildman–Crippen MR) is 66.4 cm³/mol. The minimum atomic E-state index is -0.647. The molecule has 19 heavy (non-hydrogen) atoms. The van der Waals surface area contributed by atoms with Crippen molar-refractivity contribution < 1.29 is 24.2 Å². The van der Waals surface area contributed by atoms with Gasteiger partial charge in [0.05, 0.1) is 13.7 Å². The molecule has 1 saturated carbocycles. The summed E-state index contributed by atoms with van der Waals surface area (Å²) >= 11 is 0.